The fraction of sp³-hybridized carbons (Fsp3) is 0.700. The maximum atomic E-state index is 12.9. The van der Waals surface area contributed by atoms with Crippen molar-refractivity contribution in [3.63, 3.8) is 0 Å². The maximum absolute atomic E-state index is 12.9. The summed E-state index contributed by atoms with van der Waals surface area (Å²) in [5, 5.41) is 9.97. The van der Waals surface area contributed by atoms with Crippen LogP contribution in [0.3, 0.4) is 0 Å². The Balaban J connectivity index is 0.000000706. The summed E-state index contributed by atoms with van der Waals surface area (Å²) < 4.78 is 2.02. The predicted octanol–water partition coefficient (Wildman–Crippen LogP) is 1.69. The number of rotatable bonds is 4. The number of carbonyl (C=O) groups is 3. The van der Waals surface area contributed by atoms with E-state index in [-0.39, 0.29) is 24.2 Å². The first-order valence-electron chi connectivity index (χ1n) is 10.3. The largest absolute Gasteiger partial charge is 0.483 e. The molecule has 0 aromatic carbocycles. The molecule has 1 atom stereocenters. The van der Waals surface area contributed by atoms with E-state index < -0.39 is 0 Å². The zero-order valence-electron chi connectivity index (χ0n) is 16.3. The summed E-state index contributed by atoms with van der Waals surface area (Å²) in [6.07, 6.45) is 10.4. The Kier molecular flexibility index (Phi) is 7.06. The van der Waals surface area contributed by atoms with Crippen molar-refractivity contribution in [2.24, 2.45) is 11.8 Å². The van der Waals surface area contributed by atoms with Crippen molar-refractivity contribution < 1.29 is 19.5 Å². The molecule has 0 radical (unpaired) electrons. The van der Waals surface area contributed by atoms with E-state index in [1.807, 2.05) is 9.47 Å². The Bertz CT molecular complexity index is 690. The van der Waals surface area contributed by atoms with E-state index in [2.05, 4.69) is 10.3 Å². The third-order valence-electron chi connectivity index (χ3n) is 5.82. The van der Waals surface area contributed by atoms with Gasteiger partial charge in [0.1, 0.15) is 5.69 Å². The lowest BCUT2D eigenvalue weighted by atomic mass is 9.96. The first kappa shape index (κ1) is 20.4. The number of aromatic nitrogens is 2. The first-order chi connectivity index (χ1) is 13.6. The lowest BCUT2D eigenvalue weighted by Gasteiger charge is -2.25. The number of fused-ring (bicyclic) bond motifs is 1. The zero-order chi connectivity index (χ0) is 19.9. The van der Waals surface area contributed by atoms with Gasteiger partial charge in [-0.1, -0.05) is 12.8 Å². The fourth-order valence-electron chi connectivity index (χ4n) is 3.99. The quantitative estimate of drug-likeness (QED) is 0.761. The molecule has 0 bridgehead atoms. The first-order valence-corrected chi connectivity index (χ1v) is 10.3. The monoisotopic (exact) mass is 390 g/mol. The molecule has 8 nitrogen and oxygen atoms in total. The highest BCUT2D eigenvalue weighted by molar-refractivity contribution is 5.93. The van der Waals surface area contributed by atoms with Gasteiger partial charge in [0, 0.05) is 26.2 Å². The van der Waals surface area contributed by atoms with Crippen LogP contribution in [0.4, 0.5) is 0 Å². The molecule has 2 fully saturated rings. The van der Waals surface area contributed by atoms with Crippen molar-refractivity contribution in [3.8, 4) is 0 Å². The number of nitrogens with zero attached hydrogens (tertiary/aromatic N) is 3. The van der Waals surface area contributed by atoms with Crippen molar-refractivity contribution in [2.75, 3.05) is 19.6 Å². The van der Waals surface area contributed by atoms with Crippen molar-refractivity contribution in [1.29, 1.82) is 0 Å². The van der Waals surface area contributed by atoms with Gasteiger partial charge in [-0.15, -0.1) is 0 Å². The smallest absolute Gasteiger partial charge is 0.290 e. The van der Waals surface area contributed by atoms with E-state index in [9.17, 15) is 9.59 Å². The van der Waals surface area contributed by atoms with E-state index in [0.717, 1.165) is 51.0 Å². The highest BCUT2D eigenvalue weighted by Crippen LogP contribution is 2.28. The van der Waals surface area contributed by atoms with E-state index in [0.29, 0.717) is 18.2 Å². The van der Waals surface area contributed by atoms with Gasteiger partial charge in [0.2, 0.25) is 5.91 Å². The number of imidazole rings is 1. The average Bonchev–Trinajstić information content (AvgIpc) is 3.48. The molecular formula is C20H30N4O4. The van der Waals surface area contributed by atoms with Gasteiger partial charge < -0.3 is 19.9 Å². The summed E-state index contributed by atoms with van der Waals surface area (Å²) in [6.45, 7) is 2.91. The molecule has 1 aromatic rings. The summed E-state index contributed by atoms with van der Waals surface area (Å²) in [7, 11) is 0. The van der Waals surface area contributed by atoms with Crippen LogP contribution in [0.5, 0.6) is 0 Å². The number of nitrogens with one attached hydrogen (secondary N) is 1. The molecule has 2 aliphatic heterocycles. The summed E-state index contributed by atoms with van der Waals surface area (Å²) in [5.41, 5.74) is 1.62. The molecule has 3 aliphatic rings. The van der Waals surface area contributed by atoms with Crippen LogP contribution >= 0.6 is 0 Å². The highest BCUT2D eigenvalue weighted by atomic mass is 16.3. The molecule has 8 heteroatoms. The zero-order valence-corrected chi connectivity index (χ0v) is 16.3. The number of carbonyl (C=O) groups excluding carboxylic acids is 2. The van der Waals surface area contributed by atoms with Gasteiger partial charge in [-0.25, -0.2) is 4.98 Å². The number of hydrogen-bond acceptors (Lipinski definition) is 4. The average molecular weight is 390 g/mol. The van der Waals surface area contributed by atoms with Crippen LogP contribution in [-0.4, -0.2) is 57.5 Å². The third kappa shape index (κ3) is 5.11. The van der Waals surface area contributed by atoms with Crippen molar-refractivity contribution >= 4 is 18.3 Å². The minimum absolute atomic E-state index is 0.00147. The Labute approximate surface area is 165 Å². The molecule has 1 saturated carbocycles. The Morgan fingerprint density at radius 1 is 1.18 bits per heavy atom. The predicted molar refractivity (Wildman–Crippen MR) is 103 cm³/mol. The van der Waals surface area contributed by atoms with Gasteiger partial charge in [0.25, 0.3) is 12.4 Å². The minimum atomic E-state index is -0.250. The lowest BCUT2D eigenvalue weighted by Crippen LogP contribution is -2.37. The molecular weight excluding hydrogens is 360 g/mol. The number of amides is 2. The number of carboxylic acid groups (broad SMARTS) is 1. The van der Waals surface area contributed by atoms with E-state index in [4.69, 9.17) is 9.90 Å². The Morgan fingerprint density at radius 3 is 2.50 bits per heavy atom. The van der Waals surface area contributed by atoms with Crippen molar-refractivity contribution in [3.05, 3.63) is 17.7 Å². The molecule has 0 spiro atoms. The van der Waals surface area contributed by atoms with Crippen molar-refractivity contribution in [1.82, 2.24) is 19.8 Å². The van der Waals surface area contributed by atoms with Crippen LogP contribution in [0.2, 0.25) is 0 Å². The second-order valence-electron chi connectivity index (χ2n) is 7.93. The lowest BCUT2D eigenvalue weighted by molar-refractivity contribution is -0.126. The molecule has 1 aromatic heterocycles. The third-order valence-corrected chi connectivity index (χ3v) is 5.82. The SMILES string of the molecule is O=C(NCC1CC1)C1CCc2c(C(=O)N3CCCCCC3)ncn2C1.O=CO. The van der Waals surface area contributed by atoms with Gasteiger partial charge >= 0.3 is 0 Å². The second kappa shape index (κ2) is 9.71. The molecule has 1 aliphatic carbocycles. The Hall–Kier alpha value is -2.38. The summed E-state index contributed by atoms with van der Waals surface area (Å²) in [4.78, 5) is 39.9. The van der Waals surface area contributed by atoms with E-state index >= 15 is 0 Å². The van der Waals surface area contributed by atoms with Crippen LogP contribution in [0.1, 0.15) is 61.1 Å². The fourth-order valence-corrected chi connectivity index (χ4v) is 3.99. The van der Waals surface area contributed by atoms with Gasteiger partial charge in [-0.2, -0.15) is 0 Å². The maximum Gasteiger partial charge on any atom is 0.290 e. The topological polar surface area (TPSA) is 105 Å². The highest BCUT2D eigenvalue weighted by Gasteiger charge is 2.31. The molecule has 1 saturated heterocycles. The molecule has 154 valence electrons. The molecule has 2 N–H and O–H groups in total. The van der Waals surface area contributed by atoms with Crippen LogP contribution in [-0.2, 0) is 22.6 Å². The summed E-state index contributed by atoms with van der Waals surface area (Å²) >= 11 is 0. The van der Waals surface area contributed by atoms with Crippen LogP contribution < -0.4 is 5.32 Å². The molecule has 1 unspecified atom stereocenters. The number of hydrogen-bond donors (Lipinski definition) is 2. The van der Waals surface area contributed by atoms with Crippen LogP contribution in [0.15, 0.2) is 6.33 Å². The van der Waals surface area contributed by atoms with Crippen LogP contribution in [0, 0.1) is 11.8 Å². The van der Waals surface area contributed by atoms with E-state index in [1.54, 1.807) is 6.33 Å². The standard InChI is InChI=1S/C19H28N4O2.CH2O2/c24-18(20-11-14-5-6-14)15-7-8-16-17(21-13-23(16)12-15)19(25)22-9-3-1-2-4-10-22;2-1-3/h13-15H,1-12H2,(H,20,24);1H,(H,2,3). The minimum Gasteiger partial charge on any atom is -0.483 e. The van der Waals surface area contributed by atoms with Crippen LogP contribution in [0.25, 0.3) is 0 Å². The Morgan fingerprint density at radius 2 is 1.86 bits per heavy atom. The van der Waals surface area contributed by atoms with Gasteiger partial charge in [-0.05, 0) is 44.4 Å². The summed E-state index contributed by atoms with van der Waals surface area (Å²) in [5.74, 6) is 0.940. The van der Waals surface area contributed by atoms with E-state index in [1.165, 1.54) is 25.7 Å². The normalized spacial score (nSPS) is 21.6. The molecule has 3 heterocycles. The summed E-state index contributed by atoms with van der Waals surface area (Å²) in [6, 6.07) is 0. The van der Waals surface area contributed by atoms with Gasteiger partial charge in [0.15, 0.2) is 0 Å². The molecule has 2 amide bonds. The molecule has 28 heavy (non-hydrogen) atoms. The molecule has 4 rings (SSSR count). The number of likely N-dealkylation sites (tertiary alicyclic amines) is 1. The van der Waals surface area contributed by atoms with Gasteiger partial charge in [0.05, 0.1) is 17.9 Å². The second-order valence-corrected chi connectivity index (χ2v) is 7.93. The van der Waals surface area contributed by atoms with Crippen molar-refractivity contribution in [2.45, 2.75) is 57.9 Å². The van der Waals surface area contributed by atoms with Gasteiger partial charge in [-0.3, -0.25) is 14.4 Å².